The van der Waals surface area contributed by atoms with E-state index in [1.807, 2.05) is 6.92 Å². The molecule has 0 aliphatic rings. The molecule has 0 aromatic carbocycles. The zero-order valence-corrected chi connectivity index (χ0v) is 12.1. The topological polar surface area (TPSA) is 34.1 Å². The van der Waals surface area contributed by atoms with Gasteiger partial charge in [-0.2, -0.15) is 0 Å². The second kappa shape index (κ2) is 8.43. The second-order valence-corrected chi connectivity index (χ2v) is 5.85. The SMILES string of the molecule is CCC(CC(C)C)C(=O)CC(=O)CCC(C)C. The van der Waals surface area contributed by atoms with Crippen molar-refractivity contribution in [3.63, 3.8) is 0 Å². The van der Waals surface area contributed by atoms with Crippen LogP contribution in [-0.4, -0.2) is 11.6 Å². The third kappa shape index (κ3) is 8.12. The molecule has 1 unspecified atom stereocenters. The van der Waals surface area contributed by atoms with Crippen molar-refractivity contribution in [1.82, 2.24) is 0 Å². The first-order valence-electron chi connectivity index (χ1n) is 6.91. The first kappa shape index (κ1) is 16.3. The summed E-state index contributed by atoms with van der Waals surface area (Å²) < 4.78 is 0. The highest BCUT2D eigenvalue weighted by Gasteiger charge is 2.20. The Morgan fingerprint density at radius 3 is 2.00 bits per heavy atom. The fourth-order valence-corrected chi connectivity index (χ4v) is 1.97. The number of hydrogen-bond donors (Lipinski definition) is 0. The van der Waals surface area contributed by atoms with Crippen LogP contribution < -0.4 is 0 Å². The normalized spacial score (nSPS) is 13.1. The summed E-state index contributed by atoms with van der Waals surface area (Å²) >= 11 is 0. The van der Waals surface area contributed by atoms with Crippen LogP contribution in [0.25, 0.3) is 0 Å². The van der Waals surface area contributed by atoms with Crippen LogP contribution in [0.5, 0.6) is 0 Å². The molecule has 0 radical (unpaired) electrons. The average molecular weight is 240 g/mol. The van der Waals surface area contributed by atoms with E-state index in [1.54, 1.807) is 0 Å². The Bertz CT molecular complexity index is 241. The van der Waals surface area contributed by atoms with Crippen LogP contribution in [0.3, 0.4) is 0 Å². The molecular formula is C15H28O2. The Morgan fingerprint density at radius 2 is 1.59 bits per heavy atom. The van der Waals surface area contributed by atoms with Gasteiger partial charge in [0, 0.05) is 12.3 Å². The molecule has 0 N–H and O–H groups in total. The average Bonchev–Trinajstić information content (AvgIpc) is 2.22. The van der Waals surface area contributed by atoms with Crippen molar-refractivity contribution >= 4 is 11.6 Å². The predicted octanol–water partition coefficient (Wildman–Crippen LogP) is 4.02. The second-order valence-electron chi connectivity index (χ2n) is 5.85. The van der Waals surface area contributed by atoms with Crippen molar-refractivity contribution in [2.75, 3.05) is 0 Å². The Labute approximate surface area is 106 Å². The van der Waals surface area contributed by atoms with Gasteiger partial charge in [-0.3, -0.25) is 9.59 Å². The quantitative estimate of drug-likeness (QED) is 0.570. The Hall–Kier alpha value is -0.660. The highest BCUT2D eigenvalue weighted by atomic mass is 16.1. The molecule has 1 atom stereocenters. The predicted molar refractivity (Wildman–Crippen MR) is 71.9 cm³/mol. The Balaban J connectivity index is 4.08. The molecule has 0 bridgehead atoms. The monoisotopic (exact) mass is 240 g/mol. The number of carbonyl (C=O) groups excluding carboxylic acids is 2. The van der Waals surface area contributed by atoms with Gasteiger partial charge in [-0.25, -0.2) is 0 Å². The maximum Gasteiger partial charge on any atom is 0.143 e. The molecule has 2 heteroatoms. The van der Waals surface area contributed by atoms with E-state index in [-0.39, 0.29) is 23.9 Å². The summed E-state index contributed by atoms with van der Waals surface area (Å²) in [4.78, 5) is 23.6. The molecule has 0 aliphatic heterocycles. The number of carbonyl (C=O) groups is 2. The molecule has 0 spiro atoms. The summed E-state index contributed by atoms with van der Waals surface area (Å²) in [6, 6.07) is 0. The van der Waals surface area contributed by atoms with Gasteiger partial charge in [0.05, 0.1) is 6.42 Å². The molecule has 0 fully saturated rings. The first-order valence-corrected chi connectivity index (χ1v) is 6.91. The summed E-state index contributed by atoms with van der Waals surface area (Å²) in [5.41, 5.74) is 0. The standard InChI is InChI=1S/C15H28O2/c1-6-13(9-12(4)5)15(17)10-14(16)8-7-11(2)3/h11-13H,6-10H2,1-5H3. The van der Waals surface area contributed by atoms with E-state index >= 15 is 0 Å². The maximum absolute atomic E-state index is 11.9. The van der Waals surface area contributed by atoms with Gasteiger partial charge in [0.2, 0.25) is 0 Å². The molecular weight excluding hydrogens is 212 g/mol. The van der Waals surface area contributed by atoms with Gasteiger partial charge in [0.1, 0.15) is 11.6 Å². The third-order valence-electron chi connectivity index (χ3n) is 3.08. The van der Waals surface area contributed by atoms with Gasteiger partial charge in [-0.15, -0.1) is 0 Å². The van der Waals surface area contributed by atoms with E-state index in [9.17, 15) is 9.59 Å². The van der Waals surface area contributed by atoms with E-state index in [0.29, 0.717) is 18.3 Å². The van der Waals surface area contributed by atoms with Crippen LogP contribution in [0.2, 0.25) is 0 Å². The van der Waals surface area contributed by atoms with Gasteiger partial charge in [-0.05, 0) is 31.1 Å². The highest BCUT2D eigenvalue weighted by Crippen LogP contribution is 2.18. The number of ketones is 2. The van der Waals surface area contributed by atoms with Crippen molar-refractivity contribution in [3.8, 4) is 0 Å². The minimum absolute atomic E-state index is 0.0815. The van der Waals surface area contributed by atoms with Crippen molar-refractivity contribution in [2.45, 2.75) is 66.7 Å². The molecule has 100 valence electrons. The third-order valence-corrected chi connectivity index (χ3v) is 3.08. The summed E-state index contributed by atoms with van der Waals surface area (Å²) in [5.74, 6) is 1.40. The van der Waals surface area contributed by atoms with Crippen LogP contribution in [0.15, 0.2) is 0 Å². The van der Waals surface area contributed by atoms with Crippen LogP contribution in [0.4, 0.5) is 0 Å². The van der Waals surface area contributed by atoms with Crippen molar-refractivity contribution in [2.24, 2.45) is 17.8 Å². The van der Waals surface area contributed by atoms with Crippen molar-refractivity contribution in [3.05, 3.63) is 0 Å². The lowest BCUT2D eigenvalue weighted by atomic mass is 9.88. The van der Waals surface area contributed by atoms with Gasteiger partial charge in [-0.1, -0.05) is 34.6 Å². The maximum atomic E-state index is 11.9. The molecule has 0 saturated heterocycles. The van der Waals surface area contributed by atoms with E-state index in [2.05, 4.69) is 27.7 Å². The van der Waals surface area contributed by atoms with E-state index in [4.69, 9.17) is 0 Å². The molecule has 2 nitrogen and oxygen atoms in total. The van der Waals surface area contributed by atoms with Crippen LogP contribution in [-0.2, 0) is 9.59 Å². The molecule has 0 amide bonds. The van der Waals surface area contributed by atoms with Gasteiger partial charge in [0.15, 0.2) is 0 Å². The molecule has 0 rings (SSSR count). The van der Waals surface area contributed by atoms with Crippen LogP contribution in [0, 0.1) is 17.8 Å². The van der Waals surface area contributed by atoms with E-state index in [0.717, 1.165) is 19.3 Å². The molecule has 0 saturated carbocycles. The van der Waals surface area contributed by atoms with Gasteiger partial charge < -0.3 is 0 Å². The van der Waals surface area contributed by atoms with E-state index < -0.39 is 0 Å². The molecule has 17 heavy (non-hydrogen) atoms. The fraction of sp³-hybridized carbons (Fsp3) is 0.867. The van der Waals surface area contributed by atoms with Gasteiger partial charge >= 0.3 is 0 Å². The zero-order chi connectivity index (χ0) is 13.4. The number of hydrogen-bond acceptors (Lipinski definition) is 2. The highest BCUT2D eigenvalue weighted by molar-refractivity contribution is 6.00. The zero-order valence-electron chi connectivity index (χ0n) is 12.1. The lowest BCUT2D eigenvalue weighted by molar-refractivity contribution is -0.129. The molecule has 0 heterocycles. The lowest BCUT2D eigenvalue weighted by Gasteiger charge is -2.15. The molecule has 0 aliphatic carbocycles. The summed E-state index contributed by atoms with van der Waals surface area (Å²) in [6.45, 7) is 10.5. The Kier molecular flexibility index (Phi) is 8.11. The largest absolute Gasteiger partial charge is 0.299 e. The van der Waals surface area contributed by atoms with Gasteiger partial charge in [0.25, 0.3) is 0 Å². The van der Waals surface area contributed by atoms with Crippen LogP contribution >= 0.6 is 0 Å². The summed E-state index contributed by atoms with van der Waals surface area (Å²) in [7, 11) is 0. The van der Waals surface area contributed by atoms with Crippen LogP contribution in [0.1, 0.15) is 66.7 Å². The fourth-order valence-electron chi connectivity index (χ4n) is 1.97. The number of rotatable bonds is 9. The summed E-state index contributed by atoms with van der Waals surface area (Å²) in [6.07, 6.45) is 3.37. The minimum atomic E-state index is 0.0815. The van der Waals surface area contributed by atoms with Crippen molar-refractivity contribution < 1.29 is 9.59 Å². The molecule has 0 aromatic rings. The van der Waals surface area contributed by atoms with Crippen molar-refractivity contribution in [1.29, 1.82) is 0 Å². The van der Waals surface area contributed by atoms with E-state index in [1.165, 1.54) is 0 Å². The first-order chi connectivity index (χ1) is 7.86. The molecule has 0 aromatic heterocycles. The summed E-state index contributed by atoms with van der Waals surface area (Å²) in [5, 5.41) is 0. The number of Topliss-reactive ketones (excluding diaryl/α,β-unsaturated/α-hetero) is 2. The minimum Gasteiger partial charge on any atom is -0.299 e. The Morgan fingerprint density at radius 1 is 1.00 bits per heavy atom. The lowest BCUT2D eigenvalue weighted by Crippen LogP contribution is -2.19. The smallest absolute Gasteiger partial charge is 0.143 e.